The molecular weight excluding hydrogens is 386 g/mol. The number of hydrogen-bond donors (Lipinski definition) is 1. The summed E-state index contributed by atoms with van der Waals surface area (Å²) < 4.78 is 32.7. The maximum Gasteiger partial charge on any atom is 0.161 e. The van der Waals surface area contributed by atoms with Gasteiger partial charge in [-0.1, -0.05) is 24.3 Å². The summed E-state index contributed by atoms with van der Waals surface area (Å²) >= 11 is 0. The number of nitrogens with zero attached hydrogens (tertiary/aromatic N) is 2. The molecule has 2 aromatic carbocycles. The van der Waals surface area contributed by atoms with E-state index >= 15 is 0 Å². The van der Waals surface area contributed by atoms with Gasteiger partial charge < -0.3 is 9.84 Å². The summed E-state index contributed by atoms with van der Waals surface area (Å²) in [5.41, 5.74) is 3.89. The lowest BCUT2D eigenvalue weighted by Crippen LogP contribution is -2.04. The van der Waals surface area contributed by atoms with Gasteiger partial charge in [0, 0.05) is 28.8 Å². The molecule has 148 valence electrons. The van der Waals surface area contributed by atoms with Crippen LogP contribution in [0.15, 0.2) is 60.8 Å². The first-order chi connectivity index (χ1) is 14.6. The number of aromatic nitrogens is 2. The van der Waals surface area contributed by atoms with E-state index in [1.54, 1.807) is 24.4 Å². The summed E-state index contributed by atoms with van der Waals surface area (Å²) in [4.78, 5) is 8.67. The van der Waals surface area contributed by atoms with Crippen LogP contribution < -0.4 is 4.74 Å². The molecule has 0 aliphatic carbocycles. The molecule has 2 aromatic heterocycles. The predicted molar refractivity (Wildman–Crippen MR) is 110 cm³/mol. The SMILES string of the molecule is OC1c2cc(C=Cc3ccc4cc(F)c(F)cc4n3)ccc2OCc2cccnc21. The molecule has 6 heteroatoms. The number of halogens is 2. The van der Waals surface area contributed by atoms with Crippen molar-refractivity contribution in [3.63, 3.8) is 0 Å². The Morgan fingerprint density at radius 1 is 1.00 bits per heavy atom. The molecule has 3 heterocycles. The summed E-state index contributed by atoms with van der Waals surface area (Å²) in [6.45, 7) is 0.348. The minimum atomic E-state index is -0.926. The lowest BCUT2D eigenvalue weighted by molar-refractivity contribution is 0.213. The Hall–Kier alpha value is -3.64. The van der Waals surface area contributed by atoms with Gasteiger partial charge in [-0.2, -0.15) is 0 Å². The third kappa shape index (κ3) is 3.31. The monoisotopic (exact) mass is 402 g/mol. The quantitative estimate of drug-likeness (QED) is 0.510. The van der Waals surface area contributed by atoms with E-state index in [2.05, 4.69) is 9.97 Å². The fourth-order valence-corrected chi connectivity index (χ4v) is 3.55. The molecule has 1 aliphatic rings. The van der Waals surface area contributed by atoms with E-state index in [1.807, 2.05) is 36.4 Å². The standard InChI is InChI=1S/C24H16F2N2O2/c25-19-11-15-5-7-17(28-21(15)12-20(19)26)6-3-14-4-8-22-18(10-14)24(29)23-16(13-30-22)2-1-9-27-23/h1-12,24,29H,13H2. The molecule has 30 heavy (non-hydrogen) atoms. The summed E-state index contributed by atoms with van der Waals surface area (Å²) in [6, 6.07) is 14.9. The van der Waals surface area contributed by atoms with Gasteiger partial charge in [-0.25, -0.2) is 13.8 Å². The van der Waals surface area contributed by atoms with Crippen molar-refractivity contribution in [1.29, 1.82) is 0 Å². The maximum absolute atomic E-state index is 13.5. The second kappa shape index (κ2) is 7.31. The molecule has 1 N–H and O–H groups in total. The number of benzene rings is 2. The van der Waals surface area contributed by atoms with Crippen LogP contribution in [0.25, 0.3) is 23.1 Å². The molecule has 4 nitrogen and oxygen atoms in total. The first kappa shape index (κ1) is 18.4. The lowest BCUT2D eigenvalue weighted by atomic mass is 10.00. The van der Waals surface area contributed by atoms with Gasteiger partial charge in [0.1, 0.15) is 18.5 Å². The van der Waals surface area contributed by atoms with Gasteiger partial charge in [0.15, 0.2) is 11.6 Å². The third-order valence-corrected chi connectivity index (χ3v) is 5.10. The Kier molecular flexibility index (Phi) is 4.48. The van der Waals surface area contributed by atoms with E-state index in [-0.39, 0.29) is 0 Å². The van der Waals surface area contributed by atoms with E-state index in [1.165, 1.54) is 0 Å². The predicted octanol–water partition coefficient (Wildman–Crippen LogP) is 5.05. The van der Waals surface area contributed by atoms with Crippen molar-refractivity contribution in [3.05, 3.63) is 101 Å². The molecule has 0 bridgehead atoms. The van der Waals surface area contributed by atoms with Crippen LogP contribution in [0.3, 0.4) is 0 Å². The summed E-state index contributed by atoms with van der Waals surface area (Å²) in [5, 5.41) is 11.4. The minimum Gasteiger partial charge on any atom is -0.488 e. The topological polar surface area (TPSA) is 55.2 Å². The second-order valence-electron chi connectivity index (χ2n) is 7.06. The Bertz CT molecular complexity index is 1300. The summed E-state index contributed by atoms with van der Waals surface area (Å²) in [7, 11) is 0. The van der Waals surface area contributed by atoms with E-state index in [4.69, 9.17) is 4.74 Å². The molecule has 0 saturated carbocycles. The molecule has 0 saturated heterocycles. The normalized spacial score (nSPS) is 15.5. The van der Waals surface area contributed by atoms with Crippen LogP contribution in [0.4, 0.5) is 8.78 Å². The highest BCUT2D eigenvalue weighted by Gasteiger charge is 2.23. The number of hydrogen-bond acceptors (Lipinski definition) is 4. The largest absolute Gasteiger partial charge is 0.488 e. The van der Waals surface area contributed by atoms with Crippen LogP contribution in [0, 0.1) is 11.6 Å². The molecule has 1 unspecified atom stereocenters. The third-order valence-electron chi connectivity index (χ3n) is 5.10. The zero-order valence-corrected chi connectivity index (χ0v) is 15.7. The Morgan fingerprint density at radius 3 is 2.77 bits per heavy atom. The van der Waals surface area contributed by atoms with Gasteiger partial charge >= 0.3 is 0 Å². The van der Waals surface area contributed by atoms with Crippen LogP contribution in [0.5, 0.6) is 5.75 Å². The van der Waals surface area contributed by atoms with Gasteiger partial charge in [0.25, 0.3) is 0 Å². The van der Waals surface area contributed by atoms with Crippen LogP contribution in [-0.4, -0.2) is 15.1 Å². The van der Waals surface area contributed by atoms with Crippen molar-refractivity contribution in [1.82, 2.24) is 9.97 Å². The zero-order chi connectivity index (χ0) is 20.7. The molecule has 0 spiro atoms. The summed E-state index contributed by atoms with van der Waals surface area (Å²) in [6.07, 6.45) is 4.38. The highest BCUT2D eigenvalue weighted by molar-refractivity contribution is 5.81. The molecule has 0 radical (unpaired) electrons. The summed E-state index contributed by atoms with van der Waals surface area (Å²) in [5.74, 6) is -1.21. The number of pyridine rings is 2. The highest BCUT2D eigenvalue weighted by Crippen LogP contribution is 2.35. The van der Waals surface area contributed by atoms with Crippen molar-refractivity contribution in [3.8, 4) is 5.75 Å². The van der Waals surface area contributed by atoms with Crippen molar-refractivity contribution in [2.24, 2.45) is 0 Å². The number of fused-ring (bicyclic) bond motifs is 3. The van der Waals surface area contributed by atoms with E-state index in [0.717, 1.165) is 23.3 Å². The Morgan fingerprint density at radius 2 is 1.87 bits per heavy atom. The molecular formula is C24H16F2N2O2. The number of aliphatic hydroxyl groups excluding tert-OH is 1. The fraction of sp³-hybridized carbons (Fsp3) is 0.0833. The van der Waals surface area contributed by atoms with Gasteiger partial charge in [-0.15, -0.1) is 0 Å². The first-order valence-corrected chi connectivity index (χ1v) is 9.41. The number of aliphatic hydroxyl groups is 1. The minimum absolute atomic E-state index is 0.348. The number of rotatable bonds is 2. The average Bonchev–Trinajstić information content (AvgIpc) is 2.90. The Balaban J connectivity index is 1.47. The fourth-order valence-electron chi connectivity index (χ4n) is 3.55. The van der Waals surface area contributed by atoms with Crippen molar-refractivity contribution >= 4 is 23.1 Å². The van der Waals surface area contributed by atoms with Crippen molar-refractivity contribution < 1.29 is 18.6 Å². The van der Waals surface area contributed by atoms with Crippen molar-refractivity contribution in [2.45, 2.75) is 12.7 Å². The molecule has 1 aliphatic heterocycles. The van der Waals surface area contributed by atoms with Crippen molar-refractivity contribution in [2.75, 3.05) is 0 Å². The molecule has 0 fully saturated rings. The second-order valence-corrected chi connectivity index (χ2v) is 7.06. The highest BCUT2D eigenvalue weighted by atomic mass is 19.2. The zero-order valence-electron chi connectivity index (χ0n) is 15.7. The number of ether oxygens (including phenoxy) is 1. The van der Waals surface area contributed by atoms with E-state index < -0.39 is 17.7 Å². The van der Waals surface area contributed by atoms with Crippen LogP contribution in [0.2, 0.25) is 0 Å². The van der Waals surface area contributed by atoms with Crippen LogP contribution in [0.1, 0.15) is 34.2 Å². The molecule has 0 amide bonds. The van der Waals surface area contributed by atoms with Crippen LogP contribution >= 0.6 is 0 Å². The maximum atomic E-state index is 13.5. The van der Waals surface area contributed by atoms with Gasteiger partial charge in [0.2, 0.25) is 0 Å². The smallest absolute Gasteiger partial charge is 0.161 e. The van der Waals surface area contributed by atoms with Gasteiger partial charge in [0.05, 0.1) is 16.9 Å². The van der Waals surface area contributed by atoms with E-state index in [0.29, 0.717) is 40.2 Å². The van der Waals surface area contributed by atoms with Crippen LogP contribution in [-0.2, 0) is 6.61 Å². The van der Waals surface area contributed by atoms with Gasteiger partial charge in [-0.3, -0.25) is 4.98 Å². The molecule has 1 atom stereocenters. The van der Waals surface area contributed by atoms with E-state index in [9.17, 15) is 13.9 Å². The lowest BCUT2D eigenvalue weighted by Gasteiger charge is -2.12. The van der Waals surface area contributed by atoms with Gasteiger partial charge in [-0.05, 0) is 42.0 Å². The first-order valence-electron chi connectivity index (χ1n) is 9.41. The molecule has 5 rings (SSSR count). The Labute approximate surface area is 171 Å². The molecule has 4 aromatic rings. The average molecular weight is 402 g/mol.